The lowest BCUT2D eigenvalue weighted by atomic mass is 9.72. The van der Waals surface area contributed by atoms with Crippen LogP contribution in [0.1, 0.15) is 118 Å². The van der Waals surface area contributed by atoms with Gasteiger partial charge in [0.1, 0.15) is 11.3 Å². The van der Waals surface area contributed by atoms with Crippen molar-refractivity contribution in [2.75, 3.05) is 24.5 Å². The molecule has 0 bridgehead atoms. The Labute approximate surface area is 242 Å². The minimum Gasteiger partial charge on any atom is -0.476 e. The van der Waals surface area contributed by atoms with Gasteiger partial charge in [0.25, 0.3) is 5.91 Å². The summed E-state index contributed by atoms with van der Waals surface area (Å²) in [4.78, 5) is 43.0. The molecule has 2 fully saturated rings. The molecule has 0 aromatic carbocycles. The molecule has 0 atom stereocenters. The van der Waals surface area contributed by atoms with E-state index in [1.807, 2.05) is 29.7 Å². The number of anilines is 1. The topological polar surface area (TPSA) is 113 Å². The van der Waals surface area contributed by atoms with Crippen LogP contribution in [-0.4, -0.2) is 62.0 Å². The Hall–Kier alpha value is -3.49. The van der Waals surface area contributed by atoms with Crippen LogP contribution in [-0.2, 0) is 5.41 Å². The van der Waals surface area contributed by atoms with Gasteiger partial charge in [-0.3, -0.25) is 9.78 Å². The molecule has 1 N–H and O–H groups in total. The highest BCUT2D eigenvalue weighted by Gasteiger charge is 2.39. The van der Waals surface area contributed by atoms with Crippen LogP contribution in [0.4, 0.5) is 5.82 Å². The number of piperazine rings is 1. The largest absolute Gasteiger partial charge is 0.476 e. The van der Waals surface area contributed by atoms with E-state index in [1.54, 1.807) is 13.1 Å². The number of fused-ring (bicyclic) bond motifs is 1. The lowest BCUT2D eigenvalue weighted by Gasteiger charge is -2.47. The van der Waals surface area contributed by atoms with E-state index in [2.05, 4.69) is 50.7 Å². The first-order valence-corrected chi connectivity index (χ1v) is 14.6. The summed E-state index contributed by atoms with van der Waals surface area (Å²) >= 11 is 0. The number of rotatable bonds is 4. The van der Waals surface area contributed by atoms with Crippen LogP contribution in [0.15, 0.2) is 22.7 Å². The van der Waals surface area contributed by atoms with Crippen LogP contribution >= 0.6 is 0 Å². The summed E-state index contributed by atoms with van der Waals surface area (Å²) in [6, 6.07) is 4.02. The second-order valence-electron chi connectivity index (χ2n) is 14.3. The van der Waals surface area contributed by atoms with Crippen molar-refractivity contribution in [1.82, 2.24) is 19.9 Å². The monoisotopic (exact) mass is 561 g/mol. The highest BCUT2D eigenvalue weighted by molar-refractivity contribution is 5.96. The second-order valence-corrected chi connectivity index (χ2v) is 14.3. The molecule has 0 unspecified atom stereocenters. The van der Waals surface area contributed by atoms with E-state index in [4.69, 9.17) is 9.40 Å². The maximum absolute atomic E-state index is 13.9. The Morgan fingerprint density at radius 2 is 1.73 bits per heavy atom. The van der Waals surface area contributed by atoms with Crippen molar-refractivity contribution in [1.29, 1.82) is 0 Å². The lowest BCUT2D eigenvalue weighted by molar-refractivity contribution is 0.0483. The van der Waals surface area contributed by atoms with Gasteiger partial charge in [-0.25, -0.2) is 14.8 Å². The van der Waals surface area contributed by atoms with E-state index in [0.717, 1.165) is 29.6 Å². The number of amides is 1. The molecule has 1 aliphatic carbocycles. The predicted octanol–water partition coefficient (Wildman–Crippen LogP) is 6.35. The summed E-state index contributed by atoms with van der Waals surface area (Å²) in [6.45, 7) is 18.2. The number of nitrogens with zero attached hydrogens (tertiary/aromatic N) is 5. The molecule has 3 aromatic heterocycles. The first kappa shape index (κ1) is 29.0. The Morgan fingerprint density at radius 1 is 1.05 bits per heavy atom. The van der Waals surface area contributed by atoms with Gasteiger partial charge in [-0.05, 0) is 63.4 Å². The van der Waals surface area contributed by atoms with E-state index in [1.165, 1.54) is 12.8 Å². The minimum absolute atomic E-state index is 0.0560. The van der Waals surface area contributed by atoms with Gasteiger partial charge in [0.15, 0.2) is 17.0 Å². The fraction of sp³-hybridized carbons (Fsp3) is 0.594. The van der Waals surface area contributed by atoms with Crippen LogP contribution in [0.5, 0.6) is 0 Å². The molecular formula is C32H43N5O4. The fourth-order valence-electron chi connectivity index (χ4n) is 6.26. The maximum Gasteiger partial charge on any atom is 0.356 e. The summed E-state index contributed by atoms with van der Waals surface area (Å²) in [5.41, 5.74) is 3.58. The number of carboxylic acids is 1. The molecule has 3 aromatic rings. The molecule has 41 heavy (non-hydrogen) atoms. The predicted molar refractivity (Wildman–Crippen MR) is 159 cm³/mol. The van der Waals surface area contributed by atoms with E-state index < -0.39 is 11.5 Å². The molecule has 5 rings (SSSR count). The van der Waals surface area contributed by atoms with Gasteiger partial charge >= 0.3 is 5.97 Å². The van der Waals surface area contributed by atoms with E-state index >= 15 is 0 Å². The highest BCUT2D eigenvalue weighted by Crippen LogP contribution is 2.43. The number of hydrogen-bond acceptors (Lipinski definition) is 7. The molecule has 9 heteroatoms. The molecular weight excluding hydrogens is 518 g/mol. The van der Waals surface area contributed by atoms with E-state index in [0.29, 0.717) is 53.8 Å². The maximum atomic E-state index is 13.9. The molecule has 1 amide bonds. The Kier molecular flexibility index (Phi) is 7.15. The molecule has 0 spiro atoms. The van der Waals surface area contributed by atoms with Crippen molar-refractivity contribution >= 4 is 28.8 Å². The number of aromatic nitrogens is 3. The number of aryl methyl sites for hydroxylation is 1. The number of pyridine rings is 1. The zero-order valence-corrected chi connectivity index (χ0v) is 25.7. The molecule has 220 valence electrons. The summed E-state index contributed by atoms with van der Waals surface area (Å²) in [5.74, 6) is -0.0661. The number of furan rings is 1. The van der Waals surface area contributed by atoms with Crippen LogP contribution in [0.25, 0.3) is 11.1 Å². The summed E-state index contributed by atoms with van der Waals surface area (Å²) < 4.78 is 6.32. The van der Waals surface area contributed by atoms with Crippen LogP contribution in [0, 0.1) is 12.3 Å². The second kappa shape index (κ2) is 10.1. The third-order valence-corrected chi connectivity index (χ3v) is 8.89. The SMILES string of the molecule is Cc1ncc(N2CCN(C(=O)c3cc4nc(C5CCC(C)(C)CC5)cc(C(C)(C)C)c4o3)C(C)(C)C2)nc1C(=O)O. The van der Waals surface area contributed by atoms with Gasteiger partial charge in [-0.2, -0.15) is 0 Å². The third-order valence-electron chi connectivity index (χ3n) is 8.89. The zero-order valence-electron chi connectivity index (χ0n) is 25.7. The third kappa shape index (κ3) is 5.68. The molecule has 4 heterocycles. The number of carbonyl (C=O) groups is 2. The normalized spacial score (nSPS) is 19.5. The smallest absolute Gasteiger partial charge is 0.356 e. The average Bonchev–Trinajstić information content (AvgIpc) is 3.31. The number of carboxylic acid groups (broad SMARTS) is 1. The van der Waals surface area contributed by atoms with Crippen molar-refractivity contribution in [2.24, 2.45) is 5.41 Å². The van der Waals surface area contributed by atoms with Gasteiger partial charge in [0.2, 0.25) is 0 Å². The average molecular weight is 562 g/mol. The summed E-state index contributed by atoms with van der Waals surface area (Å²) in [6.07, 6.45) is 6.21. The molecule has 2 aliphatic rings. The molecule has 1 aliphatic heterocycles. The standard InChI is InChI=1S/C32H43N5O4/c1-19-26(29(39)40)35-25(17-33-19)36-13-14-37(32(7,8)18-36)28(38)24-16-23-27(41-24)21(30(2,3)4)15-22(34-23)20-9-11-31(5,6)12-10-20/h15-17,20H,9-14,18H2,1-8H3,(H,39,40). The summed E-state index contributed by atoms with van der Waals surface area (Å²) in [7, 11) is 0. The van der Waals surface area contributed by atoms with E-state index in [9.17, 15) is 14.7 Å². The summed E-state index contributed by atoms with van der Waals surface area (Å²) in [5, 5.41) is 9.48. The van der Waals surface area contributed by atoms with Crippen molar-refractivity contribution in [2.45, 2.75) is 97.9 Å². The van der Waals surface area contributed by atoms with Crippen molar-refractivity contribution in [3.63, 3.8) is 0 Å². The van der Waals surface area contributed by atoms with Crippen LogP contribution in [0.3, 0.4) is 0 Å². The van der Waals surface area contributed by atoms with Gasteiger partial charge in [-0.1, -0.05) is 34.6 Å². The quantitative estimate of drug-likeness (QED) is 0.392. The zero-order chi connectivity index (χ0) is 29.9. The van der Waals surface area contributed by atoms with Crippen molar-refractivity contribution in [3.05, 3.63) is 46.7 Å². The highest BCUT2D eigenvalue weighted by atomic mass is 16.4. The number of carbonyl (C=O) groups excluding carboxylic acids is 1. The molecule has 1 saturated heterocycles. The number of hydrogen-bond donors (Lipinski definition) is 1. The van der Waals surface area contributed by atoms with Crippen LogP contribution in [0.2, 0.25) is 0 Å². The molecule has 1 saturated carbocycles. The van der Waals surface area contributed by atoms with Crippen molar-refractivity contribution < 1.29 is 19.1 Å². The number of aromatic carboxylic acids is 1. The Balaban J connectivity index is 1.42. The first-order valence-electron chi connectivity index (χ1n) is 14.6. The van der Waals surface area contributed by atoms with Gasteiger partial charge in [0.05, 0.1) is 17.4 Å². The Morgan fingerprint density at radius 3 is 2.34 bits per heavy atom. The van der Waals surface area contributed by atoms with Crippen LogP contribution < -0.4 is 4.90 Å². The van der Waals surface area contributed by atoms with Gasteiger partial charge in [-0.15, -0.1) is 0 Å². The van der Waals surface area contributed by atoms with E-state index in [-0.39, 0.29) is 17.0 Å². The molecule has 9 nitrogen and oxygen atoms in total. The van der Waals surface area contributed by atoms with Crippen molar-refractivity contribution in [3.8, 4) is 0 Å². The first-order chi connectivity index (χ1) is 19.1. The minimum atomic E-state index is -1.10. The van der Waals surface area contributed by atoms with Gasteiger partial charge in [0, 0.05) is 42.9 Å². The fourth-order valence-corrected chi connectivity index (χ4v) is 6.26. The molecule has 0 radical (unpaired) electrons. The lowest BCUT2D eigenvalue weighted by Crippen LogP contribution is -2.61. The Bertz CT molecular complexity index is 1490. The van der Waals surface area contributed by atoms with Gasteiger partial charge < -0.3 is 19.3 Å².